The predicted molar refractivity (Wildman–Crippen MR) is 122 cm³/mol. The molecule has 0 aromatic heterocycles. The second-order valence-corrected chi connectivity index (χ2v) is 9.21. The first-order valence-electron chi connectivity index (χ1n) is 11.2. The highest BCUT2D eigenvalue weighted by atomic mass is 16.5. The van der Waals surface area contributed by atoms with Gasteiger partial charge in [0.05, 0.1) is 6.61 Å². The third-order valence-electron chi connectivity index (χ3n) is 5.64. The van der Waals surface area contributed by atoms with Crippen molar-refractivity contribution in [2.24, 2.45) is 0 Å². The van der Waals surface area contributed by atoms with Crippen molar-refractivity contribution in [2.45, 2.75) is 70.6 Å². The molecule has 0 saturated heterocycles. The quantitative estimate of drug-likeness (QED) is 0.287. The van der Waals surface area contributed by atoms with Gasteiger partial charge in [0.2, 0.25) is 0 Å². The van der Waals surface area contributed by atoms with Gasteiger partial charge in [0.15, 0.2) is 0 Å². The smallest absolute Gasteiger partial charge is 0.323 e. The Morgan fingerprint density at radius 3 is 2.52 bits per heavy atom. The Bertz CT molecular complexity index is 909. The maximum absolute atomic E-state index is 12.8. The topological polar surface area (TPSA) is 52.6 Å². The molecular formula is C27H33O4. The molecule has 0 amide bonds. The van der Waals surface area contributed by atoms with Crippen LogP contribution in [0.25, 0.3) is 0 Å². The van der Waals surface area contributed by atoms with Crippen molar-refractivity contribution in [2.75, 3.05) is 6.61 Å². The first-order valence-corrected chi connectivity index (χ1v) is 11.2. The summed E-state index contributed by atoms with van der Waals surface area (Å²) < 4.78 is 11.1. The van der Waals surface area contributed by atoms with Gasteiger partial charge in [-0.2, -0.15) is 0 Å². The van der Waals surface area contributed by atoms with Crippen molar-refractivity contribution < 1.29 is 19.1 Å². The average Bonchev–Trinajstić information content (AvgIpc) is 3.07. The molecule has 1 unspecified atom stereocenters. The van der Waals surface area contributed by atoms with E-state index < -0.39 is 5.92 Å². The summed E-state index contributed by atoms with van der Waals surface area (Å²) in [5.74, 6) is -0.190. The number of hydrogen-bond acceptors (Lipinski definition) is 4. The van der Waals surface area contributed by atoms with Gasteiger partial charge in [-0.15, -0.1) is 0 Å². The van der Waals surface area contributed by atoms with Gasteiger partial charge in [-0.1, -0.05) is 89.4 Å². The third-order valence-corrected chi connectivity index (χ3v) is 5.64. The van der Waals surface area contributed by atoms with E-state index >= 15 is 0 Å². The van der Waals surface area contributed by atoms with E-state index in [1.54, 1.807) is 0 Å². The van der Waals surface area contributed by atoms with Gasteiger partial charge in [-0.25, -0.2) is 0 Å². The Balaban J connectivity index is 1.79. The van der Waals surface area contributed by atoms with Crippen LogP contribution in [0.1, 0.15) is 81.0 Å². The standard InChI is InChI=1S/C27H33O4/c1-5-6-7-11-16-30-23(28)15-14-19-17-21-24(20-12-9-8-10-13-20)26(29)31-25(21)22(18-19)27(2,3)4/h8-10,12-13,17-18,24H,1,5-7,11,14-16H2,2-4H3. The van der Waals surface area contributed by atoms with Crippen LogP contribution < -0.4 is 4.74 Å². The Morgan fingerprint density at radius 1 is 1.10 bits per heavy atom. The predicted octanol–water partition coefficient (Wildman–Crippen LogP) is 5.91. The average molecular weight is 422 g/mol. The number of hydrogen-bond donors (Lipinski definition) is 0. The summed E-state index contributed by atoms with van der Waals surface area (Å²) in [6, 6.07) is 13.8. The molecule has 0 saturated carbocycles. The molecule has 0 N–H and O–H groups in total. The number of unbranched alkanes of at least 4 members (excludes halogenated alkanes) is 3. The zero-order valence-corrected chi connectivity index (χ0v) is 18.9. The summed E-state index contributed by atoms with van der Waals surface area (Å²) in [6.07, 6.45) is 4.79. The summed E-state index contributed by atoms with van der Waals surface area (Å²) >= 11 is 0. The second kappa shape index (κ2) is 10.1. The van der Waals surface area contributed by atoms with E-state index in [1.807, 2.05) is 36.4 Å². The Hall–Kier alpha value is -2.62. The van der Waals surface area contributed by atoms with Crippen LogP contribution in [0.2, 0.25) is 0 Å². The van der Waals surface area contributed by atoms with Crippen LogP contribution >= 0.6 is 0 Å². The van der Waals surface area contributed by atoms with E-state index in [1.165, 1.54) is 0 Å². The molecule has 4 nitrogen and oxygen atoms in total. The largest absolute Gasteiger partial charge is 0.466 e. The number of ether oxygens (including phenoxy) is 2. The van der Waals surface area contributed by atoms with Gasteiger partial charge in [-0.3, -0.25) is 9.59 Å². The van der Waals surface area contributed by atoms with Crippen molar-refractivity contribution in [3.05, 3.63) is 71.6 Å². The van der Waals surface area contributed by atoms with Gasteiger partial charge in [0.25, 0.3) is 0 Å². The molecular weight excluding hydrogens is 388 g/mol. The maximum Gasteiger partial charge on any atom is 0.323 e. The molecule has 4 heteroatoms. The molecule has 1 aliphatic rings. The second-order valence-electron chi connectivity index (χ2n) is 9.21. The van der Waals surface area contributed by atoms with E-state index in [0.29, 0.717) is 25.2 Å². The molecule has 1 radical (unpaired) electrons. The van der Waals surface area contributed by atoms with Gasteiger partial charge in [0, 0.05) is 17.5 Å². The highest BCUT2D eigenvalue weighted by molar-refractivity contribution is 5.90. The highest BCUT2D eigenvalue weighted by Gasteiger charge is 2.38. The van der Waals surface area contributed by atoms with Crippen molar-refractivity contribution in [1.29, 1.82) is 0 Å². The minimum Gasteiger partial charge on any atom is -0.466 e. The fourth-order valence-corrected chi connectivity index (χ4v) is 3.95. The highest BCUT2D eigenvalue weighted by Crippen LogP contribution is 2.45. The van der Waals surface area contributed by atoms with Crippen LogP contribution in [0.5, 0.6) is 5.75 Å². The molecule has 31 heavy (non-hydrogen) atoms. The number of esters is 2. The van der Waals surface area contributed by atoms with Crippen LogP contribution in [0.3, 0.4) is 0 Å². The van der Waals surface area contributed by atoms with E-state index in [2.05, 4.69) is 33.8 Å². The Morgan fingerprint density at radius 2 is 1.84 bits per heavy atom. The number of carbonyl (C=O) groups is 2. The van der Waals surface area contributed by atoms with Gasteiger partial charge < -0.3 is 9.47 Å². The lowest BCUT2D eigenvalue weighted by atomic mass is 9.81. The fraction of sp³-hybridized carbons (Fsp3) is 0.444. The van der Waals surface area contributed by atoms with Crippen molar-refractivity contribution >= 4 is 11.9 Å². The third kappa shape index (κ3) is 5.75. The van der Waals surface area contributed by atoms with Crippen LogP contribution in [0, 0.1) is 6.92 Å². The number of aryl methyl sites for hydroxylation is 1. The SMILES string of the molecule is [CH2]CCCCCOC(=O)CCc1cc2c(c(C(C)(C)C)c1)OC(=O)C2c1ccccc1. The van der Waals surface area contributed by atoms with E-state index in [-0.39, 0.29) is 17.4 Å². The van der Waals surface area contributed by atoms with Crippen molar-refractivity contribution in [3.63, 3.8) is 0 Å². The lowest BCUT2D eigenvalue weighted by Crippen LogP contribution is -2.14. The maximum atomic E-state index is 12.8. The van der Waals surface area contributed by atoms with Crippen LogP contribution in [0.15, 0.2) is 42.5 Å². The lowest BCUT2D eigenvalue weighted by Gasteiger charge is -2.23. The minimum absolute atomic E-state index is 0.181. The molecule has 1 atom stereocenters. The summed E-state index contributed by atoms with van der Waals surface area (Å²) in [5, 5.41) is 0. The summed E-state index contributed by atoms with van der Waals surface area (Å²) in [5.41, 5.74) is 3.64. The molecule has 0 bridgehead atoms. The van der Waals surface area contributed by atoms with E-state index in [4.69, 9.17) is 9.47 Å². The fourth-order valence-electron chi connectivity index (χ4n) is 3.95. The van der Waals surface area contributed by atoms with E-state index in [0.717, 1.165) is 47.9 Å². The molecule has 2 aromatic rings. The summed E-state index contributed by atoms with van der Waals surface area (Å²) in [4.78, 5) is 25.0. The number of rotatable bonds is 9. The number of fused-ring (bicyclic) bond motifs is 1. The minimum atomic E-state index is -0.433. The zero-order chi connectivity index (χ0) is 22.4. The lowest BCUT2D eigenvalue weighted by molar-refractivity contribution is -0.143. The summed E-state index contributed by atoms with van der Waals surface area (Å²) in [6.45, 7) is 10.6. The number of carbonyl (C=O) groups excluding carboxylic acids is 2. The first-order chi connectivity index (χ1) is 14.8. The van der Waals surface area contributed by atoms with Crippen LogP contribution in [0.4, 0.5) is 0 Å². The molecule has 0 spiro atoms. The molecule has 165 valence electrons. The van der Waals surface area contributed by atoms with Gasteiger partial charge >= 0.3 is 11.9 Å². The van der Waals surface area contributed by atoms with E-state index in [9.17, 15) is 9.59 Å². The molecule has 2 aromatic carbocycles. The normalized spacial score (nSPS) is 15.5. The molecule has 3 rings (SSSR count). The molecule has 0 fully saturated rings. The zero-order valence-electron chi connectivity index (χ0n) is 18.9. The van der Waals surface area contributed by atoms with Crippen LogP contribution in [-0.4, -0.2) is 18.5 Å². The van der Waals surface area contributed by atoms with Crippen molar-refractivity contribution in [3.8, 4) is 5.75 Å². The molecule has 1 aliphatic heterocycles. The van der Waals surface area contributed by atoms with Gasteiger partial charge in [-0.05, 0) is 29.4 Å². The Labute approximate surface area is 186 Å². The monoisotopic (exact) mass is 421 g/mol. The van der Waals surface area contributed by atoms with Gasteiger partial charge in [0.1, 0.15) is 11.7 Å². The number of benzene rings is 2. The Kier molecular flexibility index (Phi) is 7.53. The van der Waals surface area contributed by atoms with Crippen molar-refractivity contribution in [1.82, 2.24) is 0 Å². The van der Waals surface area contributed by atoms with Crippen LogP contribution in [-0.2, 0) is 26.2 Å². The molecule has 1 heterocycles. The summed E-state index contributed by atoms with van der Waals surface area (Å²) in [7, 11) is 0. The molecule has 0 aliphatic carbocycles. The first kappa shape index (κ1) is 23.1.